The number of alkyl halides is 3. The van der Waals surface area contributed by atoms with Gasteiger partial charge >= 0.3 is 6.18 Å². The molecule has 0 unspecified atom stereocenters. The molecular formula is C13H17F3N4O2. The Morgan fingerprint density at radius 3 is 2.36 bits per heavy atom. The normalized spacial score (nSPS) is 13.1. The van der Waals surface area contributed by atoms with Crippen LogP contribution in [-0.4, -0.2) is 16.4 Å². The predicted octanol–water partition coefficient (Wildman–Crippen LogP) is 2.82. The van der Waals surface area contributed by atoms with Crippen LogP contribution in [0.3, 0.4) is 0 Å². The second-order valence-electron chi connectivity index (χ2n) is 5.72. The Kier molecular flexibility index (Phi) is 5.00. The van der Waals surface area contributed by atoms with Crippen LogP contribution in [-0.2, 0) is 12.7 Å². The fraction of sp³-hybridized carbons (Fsp3) is 0.462. The number of guanidine groups is 1. The van der Waals surface area contributed by atoms with Crippen LogP contribution in [0.5, 0.6) is 0 Å². The molecule has 0 radical (unpaired) electrons. The van der Waals surface area contributed by atoms with Gasteiger partial charge in [0.25, 0.3) is 5.69 Å². The van der Waals surface area contributed by atoms with Gasteiger partial charge in [-0.25, -0.2) is 4.99 Å². The monoisotopic (exact) mass is 318 g/mol. The average Bonchev–Trinajstić information content (AvgIpc) is 2.33. The second-order valence-corrected chi connectivity index (χ2v) is 5.72. The Hall–Kier alpha value is -2.32. The molecule has 0 aliphatic carbocycles. The molecule has 22 heavy (non-hydrogen) atoms. The van der Waals surface area contributed by atoms with E-state index in [9.17, 15) is 23.3 Å². The highest BCUT2D eigenvalue weighted by molar-refractivity contribution is 5.78. The summed E-state index contributed by atoms with van der Waals surface area (Å²) in [5.41, 5.74) is 3.59. The molecule has 0 spiro atoms. The van der Waals surface area contributed by atoms with Crippen molar-refractivity contribution in [3.63, 3.8) is 0 Å². The lowest BCUT2D eigenvalue weighted by molar-refractivity contribution is -0.385. The van der Waals surface area contributed by atoms with E-state index >= 15 is 0 Å². The van der Waals surface area contributed by atoms with Gasteiger partial charge in [-0.2, -0.15) is 13.2 Å². The van der Waals surface area contributed by atoms with Crippen molar-refractivity contribution in [3.8, 4) is 0 Å². The molecule has 1 aromatic carbocycles. The van der Waals surface area contributed by atoms with Gasteiger partial charge < -0.3 is 11.1 Å². The summed E-state index contributed by atoms with van der Waals surface area (Å²) in [4.78, 5) is 13.7. The molecule has 0 amide bonds. The van der Waals surface area contributed by atoms with E-state index in [2.05, 4.69) is 10.3 Å². The van der Waals surface area contributed by atoms with Crippen molar-refractivity contribution in [2.24, 2.45) is 10.7 Å². The minimum Gasteiger partial charge on any atom is -0.370 e. The maximum Gasteiger partial charge on any atom is 0.416 e. The Morgan fingerprint density at radius 2 is 1.91 bits per heavy atom. The molecule has 3 N–H and O–H groups in total. The summed E-state index contributed by atoms with van der Waals surface area (Å²) in [6.45, 7) is 5.32. The van der Waals surface area contributed by atoms with Crippen LogP contribution in [0.2, 0.25) is 0 Å². The molecule has 6 nitrogen and oxygen atoms in total. The molecule has 1 rings (SSSR count). The van der Waals surface area contributed by atoms with Crippen LogP contribution in [0, 0.1) is 10.1 Å². The standard InChI is InChI=1S/C13H17F3N4O2/c1-12(2,3)19-11(17)18-7-8-4-9(13(14,15)16)6-10(5-8)20(21)22/h4-6H,7H2,1-3H3,(H3,17,18,19). The molecule has 0 aliphatic heterocycles. The van der Waals surface area contributed by atoms with E-state index in [4.69, 9.17) is 5.73 Å². The second kappa shape index (κ2) is 6.20. The van der Waals surface area contributed by atoms with Crippen LogP contribution in [0.25, 0.3) is 0 Å². The molecule has 122 valence electrons. The highest BCUT2D eigenvalue weighted by Crippen LogP contribution is 2.32. The van der Waals surface area contributed by atoms with Crippen molar-refractivity contribution in [2.75, 3.05) is 0 Å². The summed E-state index contributed by atoms with van der Waals surface area (Å²) in [6.07, 6.45) is -4.67. The maximum atomic E-state index is 12.7. The number of nitro groups is 1. The first-order valence-electron chi connectivity index (χ1n) is 6.32. The minimum atomic E-state index is -4.67. The SMILES string of the molecule is CC(C)(C)NC(N)=NCc1cc([N+](=O)[O-])cc(C(F)(F)F)c1. The Balaban J connectivity index is 3.07. The minimum absolute atomic E-state index is 0.0487. The number of halogens is 3. The van der Waals surface area contributed by atoms with Crippen molar-refractivity contribution in [3.05, 3.63) is 39.4 Å². The molecule has 0 heterocycles. The van der Waals surface area contributed by atoms with Gasteiger partial charge in [0.1, 0.15) is 0 Å². The molecule has 0 saturated carbocycles. The summed E-state index contributed by atoms with van der Waals surface area (Å²) >= 11 is 0. The molecule has 1 aromatic rings. The Morgan fingerprint density at radius 1 is 1.32 bits per heavy atom. The van der Waals surface area contributed by atoms with E-state index in [0.717, 1.165) is 12.1 Å². The molecule has 0 bridgehead atoms. The molecular weight excluding hydrogens is 301 g/mol. The maximum absolute atomic E-state index is 12.7. The van der Waals surface area contributed by atoms with Crippen LogP contribution in [0.15, 0.2) is 23.2 Å². The highest BCUT2D eigenvalue weighted by Gasteiger charge is 2.32. The predicted molar refractivity (Wildman–Crippen MR) is 76.3 cm³/mol. The molecule has 0 aromatic heterocycles. The quantitative estimate of drug-likeness (QED) is 0.388. The van der Waals surface area contributed by atoms with Gasteiger partial charge in [0, 0.05) is 17.7 Å². The van der Waals surface area contributed by atoms with Gasteiger partial charge in [-0.3, -0.25) is 10.1 Å². The first kappa shape index (κ1) is 17.7. The number of non-ortho nitro benzene ring substituents is 1. The van der Waals surface area contributed by atoms with Crippen molar-refractivity contribution in [2.45, 2.75) is 39.0 Å². The van der Waals surface area contributed by atoms with Crippen LogP contribution >= 0.6 is 0 Å². The molecule has 0 saturated heterocycles. The number of hydrogen-bond donors (Lipinski definition) is 2. The van der Waals surface area contributed by atoms with E-state index in [0.29, 0.717) is 6.07 Å². The van der Waals surface area contributed by atoms with E-state index < -0.39 is 22.4 Å². The number of hydrogen-bond acceptors (Lipinski definition) is 3. The first-order chi connectivity index (χ1) is 9.88. The Bertz CT molecular complexity index is 592. The zero-order valence-electron chi connectivity index (χ0n) is 12.4. The van der Waals surface area contributed by atoms with Crippen LogP contribution in [0.1, 0.15) is 31.9 Å². The zero-order valence-corrected chi connectivity index (χ0v) is 12.4. The van der Waals surface area contributed by atoms with Gasteiger partial charge in [-0.05, 0) is 32.4 Å². The van der Waals surface area contributed by atoms with E-state index in [-0.39, 0.29) is 23.6 Å². The van der Waals surface area contributed by atoms with Gasteiger partial charge in [0.15, 0.2) is 5.96 Å². The van der Waals surface area contributed by atoms with E-state index in [1.807, 2.05) is 20.8 Å². The fourth-order valence-corrected chi connectivity index (χ4v) is 1.63. The summed E-state index contributed by atoms with van der Waals surface area (Å²) in [6, 6.07) is 2.36. The van der Waals surface area contributed by atoms with E-state index in [1.54, 1.807) is 0 Å². The van der Waals surface area contributed by atoms with Gasteiger partial charge in [0.05, 0.1) is 17.0 Å². The number of nitrogens with two attached hydrogens (primary N) is 1. The Labute approximate surface area is 125 Å². The summed E-state index contributed by atoms with van der Waals surface area (Å²) in [7, 11) is 0. The van der Waals surface area contributed by atoms with Crippen molar-refractivity contribution < 1.29 is 18.1 Å². The van der Waals surface area contributed by atoms with Gasteiger partial charge in [-0.1, -0.05) is 0 Å². The summed E-state index contributed by atoms with van der Waals surface area (Å²) in [5, 5.41) is 13.6. The molecule has 0 fully saturated rings. The first-order valence-corrected chi connectivity index (χ1v) is 6.32. The third kappa shape index (κ3) is 5.58. The third-order valence-corrected chi connectivity index (χ3v) is 2.45. The number of aliphatic imine (C=N–C) groups is 1. The van der Waals surface area contributed by atoms with Gasteiger partial charge in [-0.15, -0.1) is 0 Å². The fourth-order valence-electron chi connectivity index (χ4n) is 1.63. The lowest BCUT2D eigenvalue weighted by Gasteiger charge is -2.21. The summed E-state index contributed by atoms with van der Waals surface area (Å²) in [5.74, 6) is 0.0487. The lowest BCUT2D eigenvalue weighted by Crippen LogP contribution is -2.44. The van der Waals surface area contributed by atoms with Gasteiger partial charge in [0.2, 0.25) is 0 Å². The summed E-state index contributed by atoms with van der Waals surface area (Å²) < 4.78 is 38.2. The van der Waals surface area contributed by atoms with Crippen LogP contribution < -0.4 is 11.1 Å². The number of nitrogens with zero attached hydrogens (tertiary/aromatic N) is 2. The number of nitro benzene ring substituents is 1. The van der Waals surface area contributed by atoms with Crippen LogP contribution in [0.4, 0.5) is 18.9 Å². The molecule has 9 heteroatoms. The van der Waals surface area contributed by atoms with Crippen molar-refractivity contribution in [1.29, 1.82) is 0 Å². The number of rotatable bonds is 3. The highest BCUT2D eigenvalue weighted by atomic mass is 19.4. The topological polar surface area (TPSA) is 93.5 Å². The number of nitrogens with one attached hydrogen (secondary N) is 1. The average molecular weight is 318 g/mol. The molecule has 0 atom stereocenters. The smallest absolute Gasteiger partial charge is 0.370 e. The lowest BCUT2D eigenvalue weighted by atomic mass is 10.1. The van der Waals surface area contributed by atoms with Crippen molar-refractivity contribution >= 4 is 11.6 Å². The zero-order chi connectivity index (χ0) is 17.1. The largest absolute Gasteiger partial charge is 0.416 e. The van der Waals surface area contributed by atoms with Crippen molar-refractivity contribution in [1.82, 2.24) is 5.32 Å². The number of benzene rings is 1. The molecule has 0 aliphatic rings. The van der Waals surface area contributed by atoms with E-state index in [1.165, 1.54) is 0 Å². The third-order valence-electron chi connectivity index (χ3n) is 2.45.